The molecular weight excluding hydrogens is 268 g/mol. The van der Waals surface area contributed by atoms with Gasteiger partial charge in [0.1, 0.15) is 0 Å². The Balaban J connectivity index is 1.95. The molecule has 0 atom stereocenters. The topological polar surface area (TPSA) is 60.5 Å². The molecule has 0 aliphatic carbocycles. The minimum atomic E-state index is -2.68. The molecule has 0 unspecified atom stereocenters. The van der Waals surface area contributed by atoms with Crippen LogP contribution in [0.3, 0.4) is 0 Å². The lowest BCUT2D eigenvalue weighted by Crippen LogP contribution is -2.60. The first kappa shape index (κ1) is 14.9. The van der Waals surface area contributed by atoms with Gasteiger partial charge in [-0.1, -0.05) is 0 Å². The van der Waals surface area contributed by atoms with E-state index in [1.54, 1.807) is 0 Å². The van der Waals surface area contributed by atoms with Gasteiger partial charge in [0.05, 0.1) is 39.6 Å². The Kier molecular flexibility index (Phi) is 5.31. The van der Waals surface area contributed by atoms with Gasteiger partial charge in [-0.05, 0) is 7.05 Å². The number of esters is 1. The lowest BCUT2D eigenvalue weighted by molar-refractivity contribution is -0.141. The van der Waals surface area contributed by atoms with Crippen molar-refractivity contribution in [2.45, 2.75) is 0 Å². The number of nitrogens with zero attached hydrogens (tertiary/aromatic N) is 2. The minimum absolute atomic E-state index is 0.216. The number of hydrogen-bond donors (Lipinski definition) is 0. The van der Waals surface area contributed by atoms with Crippen molar-refractivity contribution in [3.63, 3.8) is 0 Å². The van der Waals surface area contributed by atoms with E-state index in [4.69, 9.17) is 13.3 Å². The third-order valence-corrected chi connectivity index (χ3v) is 6.14. The summed E-state index contributed by atoms with van der Waals surface area (Å²) < 4.78 is 22.3. The number of hydrogen-bond acceptors (Lipinski definition) is 7. The van der Waals surface area contributed by atoms with Crippen LogP contribution in [0.4, 0.5) is 0 Å². The molecule has 7 nitrogen and oxygen atoms in total. The first-order chi connectivity index (χ1) is 9.13. The average Bonchev–Trinajstić information content (AvgIpc) is 2.30. The summed E-state index contributed by atoms with van der Waals surface area (Å²) in [6, 6.07) is 0. The summed E-state index contributed by atoms with van der Waals surface area (Å²) in [5.41, 5.74) is 0. The highest BCUT2D eigenvalue weighted by atomic mass is 28.4. The van der Waals surface area contributed by atoms with Gasteiger partial charge in [-0.3, -0.25) is 14.6 Å². The van der Waals surface area contributed by atoms with Gasteiger partial charge in [-0.15, -0.1) is 0 Å². The molecule has 3 aliphatic heterocycles. The van der Waals surface area contributed by atoms with E-state index in [2.05, 4.69) is 9.64 Å². The molecule has 3 aliphatic rings. The molecule has 3 saturated heterocycles. The second kappa shape index (κ2) is 6.78. The number of methoxy groups -OCH3 is 1. The summed E-state index contributed by atoms with van der Waals surface area (Å²) in [5.74, 6) is -0.268. The van der Waals surface area contributed by atoms with Gasteiger partial charge < -0.3 is 18.0 Å². The van der Waals surface area contributed by atoms with Crippen LogP contribution in [0.5, 0.6) is 0 Å². The first-order valence-electron chi connectivity index (χ1n) is 6.53. The zero-order chi connectivity index (χ0) is 13.7. The fourth-order valence-corrected chi connectivity index (χ4v) is 4.76. The Bertz CT molecular complexity index is 291. The zero-order valence-electron chi connectivity index (χ0n) is 11.6. The summed E-state index contributed by atoms with van der Waals surface area (Å²) in [7, 11) is 0.552. The molecule has 0 aromatic rings. The molecule has 0 radical (unpaired) electrons. The molecule has 3 rings (SSSR count). The van der Waals surface area contributed by atoms with E-state index in [-0.39, 0.29) is 12.5 Å². The smallest absolute Gasteiger partial charge is 0.468 e. The number of fused-ring (bicyclic) bond motifs is 6. The summed E-state index contributed by atoms with van der Waals surface area (Å²) >= 11 is 0. The van der Waals surface area contributed by atoms with Crippen LogP contribution >= 0.6 is 0 Å². The van der Waals surface area contributed by atoms with Crippen LogP contribution in [-0.2, 0) is 22.8 Å². The van der Waals surface area contributed by atoms with Crippen molar-refractivity contribution < 1.29 is 22.8 Å². The van der Waals surface area contributed by atoms with E-state index in [9.17, 15) is 4.79 Å². The van der Waals surface area contributed by atoms with Gasteiger partial charge in [0.25, 0.3) is 0 Å². The van der Waals surface area contributed by atoms with Crippen LogP contribution in [0.25, 0.3) is 0 Å². The molecule has 110 valence electrons. The van der Waals surface area contributed by atoms with E-state index in [0.29, 0.717) is 26.0 Å². The van der Waals surface area contributed by atoms with Gasteiger partial charge in [0.2, 0.25) is 0 Å². The number of carbonyl (C=O) groups is 1. The molecule has 0 N–H and O–H groups in total. The second-order valence-corrected chi connectivity index (χ2v) is 7.37. The van der Waals surface area contributed by atoms with Crippen molar-refractivity contribution in [3.05, 3.63) is 0 Å². The highest BCUT2D eigenvalue weighted by molar-refractivity contribution is 6.61. The van der Waals surface area contributed by atoms with Crippen LogP contribution in [0.2, 0.25) is 0 Å². The third kappa shape index (κ3) is 4.23. The lowest BCUT2D eigenvalue weighted by atomic mass is 10.4. The predicted octanol–water partition coefficient (Wildman–Crippen LogP) is -1.05. The van der Waals surface area contributed by atoms with Crippen LogP contribution < -0.4 is 0 Å². The summed E-state index contributed by atoms with van der Waals surface area (Å²) in [5, 5.41) is 0. The molecule has 8 heteroatoms. The van der Waals surface area contributed by atoms with Crippen molar-refractivity contribution in [2.75, 3.05) is 66.3 Å². The van der Waals surface area contributed by atoms with E-state index >= 15 is 0 Å². The van der Waals surface area contributed by atoms with Gasteiger partial charge in [0, 0.05) is 19.6 Å². The Morgan fingerprint density at radius 3 is 2.21 bits per heavy atom. The predicted molar refractivity (Wildman–Crippen MR) is 69.6 cm³/mol. The fraction of sp³-hybridized carbons (Fsp3) is 0.909. The molecule has 0 aromatic carbocycles. The largest absolute Gasteiger partial charge is 0.515 e. The summed E-state index contributed by atoms with van der Waals surface area (Å²) in [6.45, 7) is 4.84. The maximum absolute atomic E-state index is 11.3. The van der Waals surface area contributed by atoms with Gasteiger partial charge in [-0.25, -0.2) is 0 Å². The fourth-order valence-electron chi connectivity index (χ4n) is 2.26. The van der Waals surface area contributed by atoms with Gasteiger partial charge in [0.15, 0.2) is 0 Å². The Labute approximate surface area is 114 Å². The average molecular weight is 290 g/mol. The lowest BCUT2D eigenvalue weighted by Gasteiger charge is -2.39. The van der Waals surface area contributed by atoms with E-state index in [0.717, 1.165) is 19.6 Å². The zero-order valence-corrected chi connectivity index (χ0v) is 12.6. The normalized spacial score (nSPS) is 31.6. The van der Waals surface area contributed by atoms with E-state index in [1.807, 2.05) is 11.9 Å². The minimum Gasteiger partial charge on any atom is -0.468 e. The summed E-state index contributed by atoms with van der Waals surface area (Å²) in [4.78, 5) is 15.4. The quantitative estimate of drug-likeness (QED) is 0.483. The molecule has 0 saturated carbocycles. The van der Waals surface area contributed by atoms with Crippen molar-refractivity contribution in [3.8, 4) is 0 Å². The summed E-state index contributed by atoms with van der Waals surface area (Å²) in [6.07, 6.45) is 0.516. The Hall–Kier alpha value is -0.513. The van der Waals surface area contributed by atoms with Crippen LogP contribution in [0, 0.1) is 0 Å². The van der Waals surface area contributed by atoms with E-state index < -0.39 is 8.80 Å². The number of likely N-dealkylation sites (N-methyl/N-ethyl adjacent to an activating group) is 1. The third-order valence-electron chi connectivity index (χ3n) is 3.28. The highest BCUT2D eigenvalue weighted by Gasteiger charge is 2.45. The molecule has 2 bridgehead atoms. The van der Waals surface area contributed by atoms with Gasteiger partial charge in [-0.2, -0.15) is 0 Å². The molecule has 19 heavy (non-hydrogen) atoms. The van der Waals surface area contributed by atoms with E-state index in [1.165, 1.54) is 7.11 Å². The van der Waals surface area contributed by atoms with Gasteiger partial charge >= 0.3 is 14.8 Å². The Morgan fingerprint density at radius 1 is 1.21 bits per heavy atom. The number of carbonyl (C=O) groups excluding carboxylic acids is 1. The molecule has 3 fully saturated rings. The molecule has 3 heterocycles. The highest BCUT2D eigenvalue weighted by Crippen LogP contribution is 2.16. The molecule has 0 amide bonds. The molecule has 0 aromatic heterocycles. The standard InChI is InChI=1S/C11H22N2O5Si/c1-12(9-11(14)15-2)10-19-16-6-3-13(4-7-17-19)5-8-18-19/h3-10H2,1-2H3. The van der Waals surface area contributed by atoms with Crippen molar-refractivity contribution in [2.24, 2.45) is 0 Å². The first-order valence-corrected chi connectivity index (χ1v) is 8.46. The molecular formula is C11H22N2O5Si. The van der Waals surface area contributed by atoms with Crippen LogP contribution in [0.1, 0.15) is 0 Å². The molecule has 0 spiro atoms. The van der Waals surface area contributed by atoms with Crippen LogP contribution in [0.15, 0.2) is 0 Å². The monoisotopic (exact) mass is 290 g/mol. The Morgan fingerprint density at radius 2 is 1.74 bits per heavy atom. The van der Waals surface area contributed by atoms with Crippen LogP contribution in [-0.4, -0.2) is 90.9 Å². The van der Waals surface area contributed by atoms with Crippen molar-refractivity contribution in [1.82, 2.24) is 9.80 Å². The maximum atomic E-state index is 11.3. The number of ether oxygens (including phenoxy) is 1. The maximum Gasteiger partial charge on any atom is 0.515 e. The SMILES string of the molecule is COC(=O)CN(C)C[Si]12OCCN(CCO1)CCO2. The van der Waals surface area contributed by atoms with Crippen molar-refractivity contribution in [1.29, 1.82) is 0 Å². The number of rotatable bonds is 4. The van der Waals surface area contributed by atoms with Crippen molar-refractivity contribution >= 4 is 14.8 Å². The second-order valence-electron chi connectivity index (χ2n) is 4.82.